The van der Waals surface area contributed by atoms with Gasteiger partial charge in [-0.1, -0.05) is 18.2 Å². The second kappa shape index (κ2) is 9.99. The molecule has 33 heavy (non-hydrogen) atoms. The van der Waals surface area contributed by atoms with E-state index >= 15 is 0 Å². The summed E-state index contributed by atoms with van der Waals surface area (Å²) < 4.78 is 31.8. The van der Waals surface area contributed by atoms with E-state index in [1.807, 2.05) is 0 Å². The molecule has 1 fully saturated rings. The fourth-order valence-corrected chi connectivity index (χ4v) is 4.99. The molecule has 172 valence electrons. The first-order chi connectivity index (χ1) is 16.0. The summed E-state index contributed by atoms with van der Waals surface area (Å²) in [6.07, 6.45) is 1.58. The van der Waals surface area contributed by atoms with Gasteiger partial charge < -0.3 is 15.4 Å². The van der Waals surface area contributed by atoms with Crippen LogP contribution in [0.2, 0.25) is 0 Å². The van der Waals surface area contributed by atoms with Crippen LogP contribution in [0, 0.1) is 5.92 Å². The lowest BCUT2D eigenvalue weighted by Gasteiger charge is -2.13. The van der Waals surface area contributed by atoms with Crippen molar-refractivity contribution in [2.24, 2.45) is 5.92 Å². The van der Waals surface area contributed by atoms with Crippen LogP contribution in [0.3, 0.4) is 0 Å². The van der Waals surface area contributed by atoms with Gasteiger partial charge in [0.05, 0.1) is 16.9 Å². The van der Waals surface area contributed by atoms with Crippen LogP contribution in [-0.4, -0.2) is 46.2 Å². The molecule has 0 aliphatic carbocycles. The average Bonchev–Trinajstić information content (AvgIpc) is 3.37. The molecule has 10 heteroatoms. The smallest absolute Gasteiger partial charge is 0.319 e. The molecular formula is C23H25N5O4S. The summed E-state index contributed by atoms with van der Waals surface area (Å²) in [6.45, 7) is 2.12. The standard InChI is InChI=1S/C23H25N5O4S/c1-32-22-11-6-17(15-24-22)20-4-2-3-5-21(20)33(30,31)19-9-7-18(8-10-19)28-23(29)25-12-16-13-26-27-14-16/h2-11,15-16,26-27H,12-14H2,1H3,(H2,25,28,29). The predicted octanol–water partition coefficient (Wildman–Crippen LogP) is 2.44. The van der Waals surface area contributed by atoms with Crippen LogP contribution < -0.4 is 26.2 Å². The number of amides is 2. The molecule has 0 radical (unpaired) electrons. The van der Waals surface area contributed by atoms with Crippen molar-refractivity contribution in [3.8, 4) is 17.0 Å². The van der Waals surface area contributed by atoms with Crippen LogP contribution in [0.5, 0.6) is 5.88 Å². The van der Waals surface area contributed by atoms with E-state index in [1.54, 1.807) is 54.7 Å². The zero-order chi connectivity index (χ0) is 23.3. The summed E-state index contributed by atoms with van der Waals surface area (Å²) in [5.41, 5.74) is 7.74. The molecule has 4 rings (SSSR count). The molecule has 9 nitrogen and oxygen atoms in total. The Balaban J connectivity index is 1.50. The Morgan fingerprint density at radius 2 is 1.79 bits per heavy atom. The van der Waals surface area contributed by atoms with Crippen LogP contribution in [0.1, 0.15) is 0 Å². The van der Waals surface area contributed by atoms with Crippen molar-refractivity contribution in [2.45, 2.75) is 9.79 Å². The van der Waals surface area contributed by atoms with Gasteiger partial charge in [-0.3, -0.25) is 10.9 Å². The topological polar surface area (TPSA) is 121 Å². The zero-order valence-corrected chi connectivity index (χ0v) is 18.9. The van der Waals surface area contributed by atoms with Gasteiger partial charge in [0.2, 0.25) is 15.7 Å². The third kappa shape index (κ3) is 5.30. The summed E-state index contributed by atoms with van der Waals surface area (Å²) >= 11 is 0. The normalized spacial score (nSPS) is 14.1. The van der Waals surface area contributed by atoms with Gasteiger partial charge in [0.25, 0.3) is 0 Å². The van der Waals surface area contributed by atoms with Crippen LogP contribution in [0.25, 0.3) is 11.1 Å². The Hall–Kier alpha value is -3.47. The first kappa shape index (κ1) is 22.7. The fourth-order valence-electron chi connectivity index (χ4n) is 3.51. The number of sulfone groups is 1. The number of urea groups is 1. The summed E-state index contributed by atoms with van der Waals surface area (Å²) in [5, 5.41) is 5.54. The quantitative estimate of drug-likeness (QED) is 0.421. The minimum atomic E-state index is -3.80. The van der Waals surface area contributed by atoms with Gasteiger partial charge in [-0.05, 0) is 36.4 Å². The predicted molar refractivity (Wildman–Crippen MR) is 125 cm³/mol. The Morgan fingerprint density at radius 3 is 2.45 bits per heavy atom. The van der Waals surface area contributed by atoms with Crippen molar-refractivity contribution in [3.05, 3.63) is 66.9 Å². The van der Waals surface area contributed by atoms with E-state index in [9.17, 15) is 13.2 Å². The zero-order valence-electron chi connectivity index (χ0n) is 18.0. The van der Waals surface area contributed by atoms with Gasteiger partial charge in [-0.2, -0.15) is 0 Å². The molecular weight excluding hydrogens is 442 g/mol. The lowest BCUT2D eigenvalue weighted by Crippen LogP contribution is -2.34. The third-order valence-corrected chi connectivity index (χ3v) is 7.14. The SMILES string of the molecule is COc1ccc(-c2ccccc2S(=O)(=O)c2ccc(NC(=O)NCC3CNNC3)cc2)cn1. The van der Waals surface area contributed by atoms with Crippen LogP contribution in [0.4, 0.5) is 10.5 Å². The molecule has 1 saturated heterocycles. The number of rotatable bonds is 7. The third-order valence-electron chi connectivity index (χ3n) is 5.31. The van der Waals surface area contributed by atoms with Crippen molar-refractivity contribution in [1.29, 1.82) is 0 Å². The van der Waals surface area contributed by atoms with Crippen LogP contribution in [-0.2, 0) is 9.84 Å². The second-order valence-corrected chi connectivity index (χ2v) is 9.49. The Morgan fingerprint density at radius 1 is 1.06 bits per heavy atom. The number of carbonyl (C=O) groups is 1. The van der Waals surface area contributed by atoms with E-state index in [0.29, 0.717) is 35.2 Å². The maximum absolute atomic E-state index is 13.4. The van der Waals surface area contributed by atoms with Gasteiger partial charge in [0, 0.05) is 54.6 Å². The van der Waals surface area contributed by atoms with Crippen LogP contribution >= 0.6 is 0 Å². The van der Waals surface area contributed by atoms with Crippen molar-refractivity contribution >= 4 is 21.6 Å². The molecule has 4 N–H and O–H groups in total. The monoisotopic (exact) mass is 467 g/mol. The number of carbonyl (C=O) groups excluding carboxylic acids is 1. The number of anilines is 1. The van der Waals surface area contributed by atoms with Gasteiger partial charge in [-0.25, -0.2) is 18.2 Å². The van der Waals surface area contributed by atoms with Crippen molar-refractivity contribution < 1.29 is 17.9 Å². The Bertz CT molecular complexity index is 1210. The van der Waals surface area contributed by atoms with E-state index in [4.69, 9.17) is 4.74 Å². The van der Waals surface area contributed by atoms with E-state index in [0.717, 1.165) is 13.1 Å². The highest BCUT2D eigenvalue weighted by molar-refractivity contribution is 7.91. The molecule has 1 aliphatic rings. The number of pyridine rings is 1. The minimum Gasteiger partial charge on any atom is -0.481 e. The summed E-state index contributed by atoms with van der Waals surface area (Å²) in [7, 11) is -2.28. The van der Waals surface area contributed by atoms with E-state index < -0.39 is 9.84 Å². The molecule has 3 aromatic rings. The Labute approximate surface area is 192 Å². The maximum Gasteiger partial charge on any atom is 0.319 e. The molecule has 0 atom stereocenters. The second-order valence-electron chi connectivity index (χ2n) is 7.58. The lowest BCUT2D eigenvalue weighted by molar-refractivity contribution is 0.250. The first-order valence-electron chi connectivity index (χ1n) is 10.4. The Kier molecular flexibility index (Phi) is 6.87. The number of hydrogen-bond acceptors (Lipinski definition) is 7. The van der Waals surface area contributed by atoms with Crippen molar-refractivity contribution in [2.75, 3.05) is 32.1 Å². The minimum absolute atomic E-state index is 0.130. The number of methoxy groups -OCH3 is 1. The van der Waals surface area contributed by atoms with E-state index in [-0.39, 0.29) is 15.8 Å². The lowest BCUT2D eigenvalue weighted by atomic mass is 10.1. The number of benzene rings is 2. The summed E-state index contributed by atoms with van der Waals surface area (Å²) in [5.74, 6) is 0.770. The molecule has 0 saturated carbocycles. The van der Waals surface area contributed by atoms with Crippen molar-refractivity contribution in [1.82, 2.24) is 21.2 Å². The molecule has 0 bridgehead atoms. The molecule has 0 spiro atoms. The number of aromatic nitrogens is 1. The summed E-state index contributed by atoms with van der Waals surface area (Å²) in [6, 6.07) is 16.0. The average molecular weight is 468 g/mol. The number of hydrazine groups is 1. The van der Waals surface area contributed by atoms with E-state index in [1.165, 1.54) is 19.2 Å². The van der Waals surface area contributed by atoms with Gasteiger partial charge in [0.1, 0.15) is 0 Å². The largest absolute Gasteiger partial charge is 0.481 e. The molecule has 1 aliphatic heterocycles. The number of nitrogens with zero attached hydrogens (tertiary/aromatic N) is 1. The molecule has 2 heterocycles. The highest BCUT2D eigenvalue weighted by Crippen LogP contribution is 2.32. The highest BCUT2D eigenvalue weighted by Gasteiger charge is 2.22. The number of hydrogen-bond donors (Lipinski definition) is 4. The number of ether oxygens (including phenoxy) is 1. The molecule has 2 aromatic carbocycles. The van der Waals surface area contributed by atoms with Crippen molar-refractivity contribution in [3.63, 3.8) is 0 Å². The molecule has 0 unspecified atom stereocenters. The van der Waals surface area contributed by atoms with Gasteiger partial charge in [0.15, 0.2) is 0 Å². The molecule has 1 aromatic heterocycles. The van der Waals surface area contributed by atoms with Gasteiger partial charge in [-0.15, -0.1) is 0 Å². The van der Waals surface area contributed by atoms with Crippen LogP contribution in [0.15, 0.2) is 76.7 Å². The summed E-state index contributed by atoms with van der Waals surface area (Å²) in [4.78, 5) is 16.6. The first-order valence-corrected chi connectivity index (χ1v) is 11.9. The number of nitrogens with one attached hydrogen (secondary N) is 4. The maximum atomic E-state index is 13.4. The fraction of sp³-hybridized carbons (Fsp3) is 0.217. The molecule has 2 amide bonds. The van der Waals surface area contributed by atoms with Gasteiger partial charge >= 0.3 is 6.03 Å². The highest BCUT2D eigenvalue weighted by atomic mass is 32.2. The van der Waals surface area contributed by atoms with E-state index in [2.05, 4.69) is 26.5 Å².